The first-order valence-electron chi connectivity index (χ1n) is 10.1. The number of hydrogen-bond acceptors (Lipinski definition) is 4. The second-order valence-corrected chi connectivity index (χ2v) is 7.84. The van der Waals surface area contributed by atoms with Gasteiger partial charge in [0.05, 0.1) is 0 Å². The van der Waals surface area contributed by atoms with E-state index in [-0.39, 0.29) is 11.7 Å². The summed E-state index contributed by atoms with van der Waals surface area (Å²) in [6.07, 6.45) is 8.44. The molecule has 1 aromatic carbocycles. The number of hydrogen-bond donors (Lipinski definition) is 0. The monoisotopic (exact) mass is 371 g/mol. The Morgan fingerprint density at radius 3 is 2.70 bits per heavy atom. The summed E-state index contributed by atoms with van der Waals surface area (Å²) >= 11 is 0. The molecule has 2 aliphatic rings. The highest BCUT2D eigenvalue weighted by molar-refractivity contribution is 5.79. The average Bonchev–Trinajstić information content (AvgIpc) is 3.39. The Balaban J connectivity index is 1.30. The number of rotatable bonds is 5. The van der Waals surface area contributed by atoms with Crippen LogP contribution in [0.4, 0.5) is 4.39 Å². The molecule has 0 spiro atoms. The molecule has 27 heavy (non-hydrogen) atoms. The van der Waals surface area contributed by atoms with Crippen LogP contribution in [0.3, 0.4) is 0 Å². The Morgan fingerprint density at radius 1 is 1.15 bits per heavy atom. The molecule has 1 aliphatic carbocycles. The van der Waals surface area contributed by atoms with Gasteiger partial charge in [-0.05, 0) is 62.3 Å². The largest absolute Gasteiger partial charge is 0.342 e. The van der Waals surface area contributed by atoms with Gasteiger partial charge in [0.1, 0.15) is 5.82 Å². The Hall–Kier alpha value is -2.24. The molecule has 144 valence electrons. The molecule has 2 fully saturated rings. The fourth-order valence-electron chi connectivity index (χ4n) is 4.33. The maximum atomic E-state index is 13.0. The molecule has 1 aromatic heterocycles. The summed E-state index contributed by atoms with van der Waals surface area (Å²) in [7, 11) is 0. The Morgan fingerprint density at radius 2 is 1.93 bits per heavy atom. The highest BCUT2D eigenvalue weighted by Crippen LogP contribution is 2.29. The summed E-state index contributed by atoms with van der Waals surface area (Å²) < 4.78 is 18.3. The lowest BCUT2D eigenvalue weighted by molar-refractivity contribution is -0.137. The van der Waals surface area contributed by atoms with E-state index in [2.05, 4.69) is 15.0 Å². The summed E-state index contributed by atoms with van der Waals surface area (Å²) in [5.74, 6) is 1.94. The van der Waals surface area contributed by atoms with Crippen molar-refractivity contribution in [3.63, 3.8) is 0 Å². The maximum absolute atomic E-state index is 13.0. The molecule has 5 nitrogen and oxygen atoms in total. The first kappa shape index (κ1) is 18.1. The summed E-state index contributed by atoms with van der Waals surface area (Å²) in [6, 6.07) is 6.05. The number of aryl methyl sites for hydroxylation is 1. The van der Waals surface area contributed by atoms with Gasteiger partial charge in [0.15, 0.2) is 5.82 Å². The molecule has 1 atom stereocenters. The minimum absolute atomic E-state index is 0.263. The van der Waals surface area contributed by atoms with Crippen molar-refractivity contribution in [1.82, 2.24) is 15.0 Å². The lowest BCUT2D eigenvalue weighted by Crippen LogP contribution is -2.42. The van der Waals surface area contributed by atoms with Gasteiger partial charge in [0.25, 0.3) is 5.89 Å². The van der Waals surface area contributed by atoms with E-state index in [9.17, 15) is 9.18 Å². The van der Waals surface area contributed by atoms with Gasteiger partial charge < -0.3 is 9.42 Å². The number of benzene rings is 1. The van der Waals surface area contributed by atoms with Crippen molar-refractivity contribution in [2.75, 3.05) is 13.1 Å². The molecule has 1 aliphatic heterocycles. The lowest BCUT2D eigenvalue weighted by atomic mass is 9.92. The molecule has 0 bridgehead atoms. The number of amides is 1. The van der Waals surface area contributed by atoms with Crippen molar-refractivity contribution < 1.29 is 13.7 Å². The molecule has 0 N–H and O–H groups in total. The number of likely N-dealkylation sites (tertiary alicyclic amines) is 1. The SMILES string of the molecule is O=C(C1CCCC1)N1CCCC(CCc2noc(-c3ccc(F)cc3)n2)C1. The van der Waals surface area contributed by atoms with Crippen LogP contribution in [0.1, 0.15) is 50.8 Å². The molecule has 2 aromatic rings. The molecular formula is C21H26FN3O2. The second-order valence-electron chi connectivity index (χ2n) is 7.84. The number of piperidine rings is 1. The highest BCUT2D eigenvalue weighted by Gasteiger charge is 2.30. The fraction of sp³-hybridized carbons (Fsp3) is 0.571. The van der Waals surface area contributed by atoms with Crippen molar-refractivity contribution >= 4 is 5.91 Å². The van der Waals surface area contributed by atoms with Crippen molar-refractivity contribution in [1.29, 1.82) is 0 Å². The van der Waals surface area contributed by atoms with Crippen LogP contribution in [0.5, 0.6) is 0 Å². The zero-order valence-corrected chi connectivity index (χ0v) is 15.6. The molecule has 4 rings (SSSR count). The number of carbonyl (C=O) groups excluding carboxylic acids is 1. The fourth-order valence-corrected chi connectivity index (χ4v) is 4.33. The number of halogens is 1. The topological polar surface area (TPSA) is 59.2 Å². The molecule has 0 radical (unpaired) electrons. The van der Waals surface area contributed by atoms with E-state index in [1.54, 1.807) is 12.1 Å². The van der Waals surface area contributed by atoms with Crippen molar-refractivity contribution in [2.24, 2.45) is 11.8 Å². The van der Waals surface area contributed by atoms with E-state index in [1.807, 2.05) is 0 Å². The summed E-state index contributed by atoms with van der Waals surface area (Å²) in [5.41, 5.74) is 0.723. The van der Waals surface area contributed by atoms with E-state index in [0.29, 0.717) is 23.5 Å². The van der Waals surface area contributed by atoms with Crippen LogP contribution < -0.4 is 0 Å². The van der Waals surface area contributed by atoms with Gasteiger partial charge in [-0.25, -0.2) is 4.39 Å². The molecule has 1 amide bonds. The van der Waals surface area contributed by atoms with Gasteiger partial charge >= 0.3 is 0 Å². The summed E-state index contributed by atoms with van der Waals surface area (Å²) in [6.45, 7) is 1.76. The maximum Gasteiger partial charge on any atom is 0.257 e. The zero-order chi connectivity index (χ0) is 18.6. The van der Waals surface area contributed by atoms with Gasteiger partial charge in [-0.1, -0.05) is 18.0 Å². The average molecular weight is 371 g/mol. The number of aromatic nitrogens is 2. The molecular weight excluding hydrogens is 345 g/mol. The summed E-state index contributed by atoms with van der Waals surface area (Å²) in [4.78, 5) is 19.2. The van der Waals surface area contributed by atoms with Gasteiger partial charge in [0.2, 0.25) is 5.91 Å². The van der Waals surface area contributed by atoms with Crippen LogP contribution >= 0.6 is 0 Å². The third-order valence-electron chi connectivity index (χ3n) is 5.87. The number of carbonyl (C=O) groups is 1. The van der Waals surface area contributed by atoms with Crippen LogP contribution in [0.2, 0.25) is 0 Å². The highest BCUT2D eigenvalue weighted by atomic mass is 19.1. The van der Waals surface area contributed by atoms with Gasteiger partial charge in [-0.3, -0.25) is 4.79 Å². The Kier molecular flexibility index (Phi) is 5.50. The van der Waals surface area contributed by atoms with Gasteiger partial charge in [0, 0.05) is 31.0 Å². The minimum atomic E-state index is -0.285. The van der Waals surface area contributed by atoms with Gasteiger partial charge in [-0.15, -0.1) is 0 Å². The van der Waals surface area contributed by atoms with Crippen molar-refractivity contribution in [3.8, 4) is 11.5 Å². The van der Waals surface area contributed by atoms with E-state index >= 15 is 0 Å². The van der Waals surface area contributed by atoms with E-state index < -0.39 is 0 Å². The molecule has 2 heterocycles. The molecule has 1 saturated heterocycles. The smallest absolute Gasteiger partial charge is 0.257 e. The van der Waals surface area contributed by atoms with Crippen LogP contribution in [0.15, 0.2) is 28.8 Å². The predicted octanol–water partition coefficient (Wildman–Crippen LogP) is 4.24. The van der Waals surface area contributed by atoms with Crippen LogP contribution in [-0.2, 0) is 11.2 Å². The first-order valence-corrected chi connectivity index (χ1v) is 10.1. The van der Waals surface area contributed by atoms with E-state index in [0.717, 1.165) is 57.2 Å². The molecule has 1 unspecified atom stereocenters. The van der Waals surface area contributed by atoms with Gasteiger partial charge in [-0.2, -0.15) is 4.98 Å². The van der Waals surface area contributed by atoms with Crippen molar-refractivity contribution in [3.05, 3.63) is 35.9 Å². The van der Waals surface area contributed by atoms with E-state index in [1.165, 1.54) is 25.0 Å². The zero-order valence-electron chi connectivity index (χ0n) is 15.6. The quantitative estimate of drug-likeness (QED) is 0.789. The van der Waals surface area contributed by atoms with Crippen LogP contribution in [0.25, 0.3) is 11.5 Å². The minimum Gasteiger partial charge on any atom is -0.342 e. The van der Waals surface area contributed by atoms with Crippen LogP contribution in [0, 0.1) is 17.7 Å². The lowest BCUT2D eigenvalue weighted by Gasteiger charge is -2.34. The summed E-state index contributed by atoms with van der Waals surface area (Å²) in [5, 5.41) is 4.06. The van der Waals surface area contributed by atoms with Crippen molar-refractivity contribution in [2.45, 2.75) is 51.4 Å². The second kappa shape index (κ2) is 8.19. The third-order valence-corrected chi connectivity index (χ3v) is 5.87. The standard InChI is InChI=1S/C21H26FN3O2/c22-18-10-8-16(9-11-18)20-23-19(24-27-20)12-7-15-4-3-13-25(14-15)21(26)17-5-1-2-6-17/h8-11,15,17H,1-7,12-14H2. The normalized spacial score (nSPS) is 20.9. The predicted molar refractivity (Wildman–Crippen MR) is 99.3 cm³/mol. The third kappa shape index (κ3) is 4.37. The molecule has 6 heteroatoms. The first-order chi connectivity index (χ1) is 13.2. The number of nitrogens with zero attached hydrogens (tertiary/aromatic N) is 3. The Labute approximate surface area is 158 Å². The Bertz CT molecular complexity index is 768. The van der Waals surface area contributed by atoms with Crippen LogP contribution in [-0.4, -0.2) is 34.0 Å². The van der Waals surface area contributed by atoms with E-state index in [4.69, 9.17) is 4.52 Å². The molecule has 1 saturated carbocycles.